The molecule has 20 heavy (non-hydrogen) atoms. The zero-order valence-electron chi connectivity index (χ0n) is 10.5. The van der Waals surface area contributed by atoms with E-state index in [-0.39, 0.29) is 11.1 Å². The Balaban J connectivity index is 2.45. The summed E-state index contributed by atoms with van der Waals surface area (Å²) in [6, 6.07) is 11.3. The lowest BCUT2D eigenvalue weighted by molar-refractivity contribution is 0.0686. The van der Waals surface area contributed by atoms with E-state index in [9.17, 15) is 9.59 Å². The van der Waals surface area contributed by atoms with Gasteiger partial charge in [0.05, 0.1) is 11.1 Å². The predicted molar refractivity (Wildman–Crippen MR) is 75.9 cm³/mol. The van der Waals surface area contributed by atoms with E-state index in [0.717, 1.165) is 11.1 Å². The average Bonchev–Trinajstić information content (AvgIpc) is 2.46. The van der Waals surface area contributed by atoms with Crippen molar-refractivity contribution in [3.63, 3.8) is 0 Å². The van der Waals surface area contributed by atoms with Crippen molar-refractivity contribution >= 4 is 18.0 Å². The van der Waals surface area contributed by atoms with Crippen LogP contribution in [0.5, 0.6) is 0 Å². The molecule has 2 aromatic rings. The molecule has 2 aromatic carbocycles. The summed E-state index contributed by atoms with van der Waals surface area (Å²) < 4.78 is 0. The van der Waals surface area contributed by atoms with Gasteiger partial charge >= 0.3 is 11.9 Å². The van der Waals surface area contributed by atoms with Crippen LogP contribution in [0.3, 0.4) is 0 Å². The van der Waals surface area contributed by atoms with Crippen LogP contribution in [0.1, 0.15) is 26.3 Å². The molecular weight excluding hydrogens is 256 g/mol. The van der Waals surface area contributed by atoms with E-state index in [0.29, 0.717) is 5.56 Å². The first-order chi connectivity index (χ1) is 9.52. The topological polar surface area (TPSA) is 74.6 Å². The van der Waals surface area contributed by atoms with E-state index in [1.165, 1.54) is 24.3 Å². The minimum Gasteiger partial charge on any atom is -0.478 e. The average molecular weight is 268 g/mol. The number of rotatable bonds is 4. The Kier molecular flexibility index (Phi) is 3.66. The van der Waals surface area contributed by atoms with Crippen LogP contribution >= 0.6 is 0 Å². The van der Waals surface area contributed by atoms with Crippen LogP contribution < -0.4 is 0 Å². The van der Waals surface area contributed by atoms with Crippen LogP contribution in [0.4, 0.5) is 0 Å². The lowest BCUT2D eigenvalue weighted by atomic mass is 9.98. The number of carbonyl (C=O) groups is 2. The second-order valence-corrected chi connectivity index (χ2v) is 4.19. The Morgan fingerprint density at radius 1 is 0.900 bits per heavy atom. The Labute approximate surface area is 115 Å². The van der Waals surface area contributed by atoms with Crippen LogP contribution in [-0.2, 0) is 0 Å². The second-order valence-electron chi connectivity index (χ2n) is 4.19. The number of hydrogen-bond donors (Lipinski definition) is 2. The Bertz CT molecular complexity index is 684. The van der Waals surface area contributed by atoms with Gasteiger partial charge in [0.2, 0.25) is 0 Å². The lowest BCUT2D eigenvalue weighted by Crippen LogP contribution is -1.99. The van der Waals surface area contributed by atoms with Gasteiger partial charge in [-0.05, 0) is 41.0 Å². The summed E-state index contributed by atoms with van der Waals surface area (Å²) in [5, 5.41) is 17.9. The van der Waals surface area contributed by atoms with E-state index in [1.807, 2.05) is 0 Å². The fourth-order valence-corrected chi connectivity index (χ4v) is 1.91. The molecule has 0 saturated heterocycles. The van der Waals surface area contributed by atoms with Crippen molar-refractivity contribution < 1.29 is 19.8 Å². The lowest BCUT2D eigenvalue weighted by Gasteiger charge is -2.06. The minimum absolute atomic E-state index is 0.186. The van der Waals surface area contributed by atoms with Crippen molar-refractivity contribution in [1.82, 2.24) is 0 Å². The zero-order chi connectivity index (χ0) is 14.7. The molecule has 4 nitrogen and oxygen atoms in total. The third kappa shape index (κ3) is 2.59. The largest absolute Gasteiger partial charge is 0.478 e. The van der Waals surface area contributed by atoms with Crippen LogP contribution in [0.25, 0.3) is 17.2 Å². The van der Waals surface area contributed by atoms with Crippen molar-refractivity contribution in [2.24, 2.45) is 0 Å². The molecule has 0 atom stereocenters. The van der Waals surface area contributed by atoms with Gasteiger partial charge in [-0.1, -0.05) is 30.9 Å². The third-order valence-electron chi connectivity index (χ3n) is 2.97. The van der Waals surface area contributed by atoms with Crippen molar-refractivity contribution in [3.8, 4) is 11.1 Å². The minimum atomic E-state index is -1.01. The molecule has 0 saturated carbocycles. The van der Waals surface area contributed by atoms with Gasteiger partial charge in [0.25, 0.3) is 0 Å². The molecule has 4 heteroatoms. The first-order valence-electron chi connectivity index (χ1n) is 5.86. The highest BCUT2D eigenvalue weighted by Gasteiger charge is 2.09. The van der Waals surface area contributed by atoms with Gasteiger partial charge in [-0.15, -0.1) is 0 Å². The smallest absolute Gasteiger partial charge is 0.336 e. The molecule has 0 aliphatic heterocycles. The monoisotopic (exact) mass is 268 g/mol. The van der Waals surface area contributed by atoms with Gasteiger partial charge in [0, 0.05) is 0 Å². The molecule has 0 radical (unpaired) electrons. The number of hydrogen-bond acceptors (Lipinski definition) is 2. The summed E-state index contributed by atoms with van der Waals surface area (Å²) in [6.45, 7) is 3.61. The highest BCUT2D eigenvalue weighted by atomic mass is 16.4. The van der Waals surface area contributed by atoms with Crippen LogP contribution in [0.15, 0.2) is 49.0 Å². The highest BCUT2D eigenvalue weighted by molar-refractivity contribution is 5.93. The van der Waals surface area contributed by atoms with E-state index in [1.54, 1.807) is 24.3 Å². The van der Waals surface area contributed by atoms with Gasteiger partial charge in [0.1, 0.15) is 0 Å². The van der Waals surface area contributed by atoms with Crippen molar-refractivity contribution in [3.05, 3.63) is 65.7 Å². The second kappa shape index (κ2) is 5.40. The molecule has 0 aliphatic carbocycles. The molecule has 2 rings (SSSR count). The van der Waals surface area contributed by atoms with Crippen molar-refractivity contribution in [2.45, 2.75) is 0 Å². The Hall–Kier alpha value is -2.88. The van der Waals surface area contributed by atoms with E-state index in [2.05, 4.69) is 6.58 Å². The summed E-state index contributed by atoms with van der Waals surface area (Å²) in [7, 11) is 0. The maximum absolute atomic E-state index is 11.0. The Morgan fingerprint density at radius 3 is 2.00 bits per heavy atom. The van der Waals surface area contributed by atoms with Crippen LogP contribution in [-0.4, -0.2) is 22.2 Å². The third-order valence-corrected chi connectivity index (χ3v) is 2.97. The summed E-state index contributed by atoms with van der Waals surface area (Å²) in [4.78, 5) is 21.8. The maximum atomic E-state index is 11.0. The highest BCUT2D eigenvalue weighted by Crippen LogP contribution is 2.24. The molecule has 100 valence electrons. The van der Waals surface area contributed by atoms with Gasteiger partial charge < -0.3 is 10.2 Å². The van der Waals surface area contributed by atoms with Crippen LogP contribution in [0.2, 0.25) is 0 Å². The molecule has 0 spiro atoms. The predicted octanol–water partition coefficient (Wildman–Crippen LogP) is 3.39. The van der Waals surface area contributed by atoms with Gasteiger partial charge in [-0.3, -0.25) is 0 Å². The molecule has 0 aromatic heterocycles. The number of aromatic carboxylic acids is 2. The molecule has 2 N–H and O–H groups in total. The maximum Gasteiger partial charge on any atom is 0.336 e. The first-order valence-corrected chi connectivity index (χ1v) is 5.86. The van der Waals surface area contributed by atoms with E-state index < -0.39 is 11.9 Å². The molecular formula is C16H12O4. The quantitative estimate of drug-likeness (QED) is 0.891. The van der Waals surface area contributed by atoms with Crippen molar-refractivity contribution in [2.75, 3.05) is 0 Å². The summed E-state index contributed by atoms with van der Waals surface area (Å²) >= 11 is 0. The molecule has 0 unspecified atom stereocenters. The molecule has 0 fully saturated rings. The standard InChI is InChI=1S/C16H12O4/c1-2-10-9-13(7-8-14(10)16(19)20)11-3-5-12(6-4-11)15(17)18/h2-9H,1H2,(H,17,18)(H,19,20). The fourth-order valence-electron chi connectivity index (χ4n) is 1.91. The summed E-state index contributed by atoms with van der Waals surface area (Å²) in [5.41, 5.74) is 2.54. The molecule has 0 heterocycles. The number of carboxylic acid groups (broad SMARTS) is 2. The molecule has 0 amide bonds. The van der Waals surface area contributed by atoms with Crippen molar-refractivity contribution in [1.29, 1.82) is 0 Å². The Morgan fingerprint density at radius 2 is 1.50 bits per heavy atom. The first kappa shape index (κ1) is 13.5. The van der Waals surface area contributed by atoms with Gasteiger partial charge in [0.15, 0.2) is 0 Å². The van der Waals surface area contributed by atoms with Crippen LogP contribution in [0, 0.1) is 0 Å². The summed E-state index contributed by atoms with van der Waals surface area (Å²) in [6.07, 6.45) is 1.48. The van der Waals surface area contributed by atoms with E-state index >= 15 is 0 Å². The number of carboxylic acids is 2. The zero-order valence-corrected chi connectivity index (χ0v) is 10.5. The van der Waals surface area contributed by atoms with Gasteiger partial charge in [-0.2, -0.15) is 0 Å². The summed E-state index contributed by atoms with van der Waals surface area (Å²) in [5.74, 6) is -1.99. The van der Waals surface area contributed by atoms with Gasteiger partial charge in [-0.25, -0.2) is 9.59 Å². The SMILES string of the molecule is C=Cc1cc(-c2ccc(C(=O)O)cc2)ccc1C(=O)O. The number of benzene rings is 2. The molecule has 0 bridgehead atoms. The fraction of sp³-hybridized carbons (Fsp3) is 0. The molecule has 0 aliphatic rings. The van der Waals surface area contributed by atoms with E-state index in [4.69, 9.17) is 10.2 Å². The normalized spacial score (nSPS) is 10.0.